The van der Waals surface area contributed by atoms with Crippen LogP contribution in [-0.2, 0) is 13.0 Å². The molecule has 0 aliphatic carbocycles. The number of para-hydroxylation sites is 1. The van der Waals surface area contributed by atoms with Gasteiger partial charge in [0.05, 0.1) is 30.7 Å². The molecule has 2 heterocycles. The van der Waals surface area contributed by atoms with E-state index in [1.807, 2.05) is 62.2 Å². The van der Waals surface area contributed by atoms with Gasteiger partial charge in [0.2, 0.25) is 5.96 Å². The predicted molar refractivity (Wildman–Crippen MR) is 148 cm³/mol. The first-order valence-electron chi connectivity index (χ1n) is 12.2. The predicted octanol–water partition coefficient (Wildman–Crippen LogP) is 4.41. The van der Waals surface area contributed by atoms with Crippen LogP contribution in [0.25, 0.3) is 0 Å². The molecule has 0 saturated carbocycles. The fraction of sp³-hybridized carbons (Fsp3) is 0.296. The number of anilines is 1. The minimum Gasteiger partial charge on any atom is -0.497 e. The molecule has 11 nitrogen and oxygen atoms in total. The number of fused-ring (bicyclic) bond motifs is 1. The van der Waals surface area contributed by atoms with E-state index in [0.29, 0.717) is 36.9 Å². The van der Waals surface area contributed by atoms with Crippen LogP contribution in [0.4, 0.5) is 16.2 Å². The lowest BCUT2D eigenvalue weighted by Crippen LogP contribution is -2.42. The number of carbonyl (C=O) groups is 2. The Hall–Kier alpha value is -4.63. The van der Waals surface area contributed by atoms with E-state index < -0.39 is 17.5 Å². The van der Waals surface area contributed by atoms with Gasteiger partial charge in [0.1, 0.15) is 5.75 Å². The van der Waals surface area contributed by atoms with Crippen LogP contribution in [0.3, 0.4) is 0 Å². The second-order valence-electron chi connectivity index (χ2n) is 9.65. The molecule has 2 amide bonds. The Bertz CT molecular complexity index is 1420. The lowest BCUT2D eigenvalue weighted by Gasteiger charge is -2.28. The highest BCUT2D eigenvalue weighted by Crippen LogP contribution is 2.31. The van der Waals surface area contributed by atoms with Crippen LogP contribution in [0.1, 0.15) is 41.1 Å². The van der Waals surface area contributed by atoms with E-state index in [1.165, 1.54) is 24.5 Å². The van der Waals surface area contributed by atoms with E-state index in [1.54, 1.807) is 12.1 Å². The Kier molecular flexibility index (Phi) is 8.31. The maximum atomic E-state index is 13.2. The number of benzene rings is 2. The molecule has 0 radical (unpaired) electrons. The molecule has 0 fully saturated rings. The largest absolute Gasteiger partial charge is 0.497 e. The first-order chi connectivity index (χ1) is 18.6. The van der Waals surface area contributed by atoms with Crippen molar-refractivity contribution in [3.05, 3.63) is 64.1 Å². The van der Waals surface area contributed by atoms with E-state index in [-0.39, 0.29) is 10.8 Å². The van der Waals surface area contributed by atoms with Gasteiger partial charge in [-0.1, -0.05) is 18.2 Å². The normalized spacial score (nSPS) is 13.1. The third kappa shape index (κ3) is 7.24. The number of ether oxygens (including phenoxy) is 2. The summed E-state index contributed by atoms with van der Waals surface area (Å²) in [5.74, 6) is 0.611. The third-order valence-corrected chi connectivity index (χ3v) is 6.58. The van der Waals surface area contributed by atoms with Crippen molar-refractivity contribution in [2.45, 2.75) is 39.3 Å². The van der Waals surface area contributed by atoms with Gasteiger partial charge in [-0.25, -0.2) is 14.8 Å². The Balaban J connectivity index is 1.51. The zero-order chi connectivity index (χ0) is 28.0. The van der Waals surface area contributed by atoms with Crippen LogP contribution in [0, 0.1) is 11.5 Å². The van der Waals surface area contributed by atoms with E-state index in [2.05, 4.69) is 25.9 Å². The molecule has 1 aliphatic rings. The number of thiazole rings is 1. The van der Waals surface area contributed by atoms with E-state index in [0.717, 1.165) is 16.3 Å². The molecule has 202 valence electrons. The Morgan fingerprint density at radius 1 is 1.18 bits per heavy atom. The van der Waals surface area contributed by atoms with E-state index in [4.69, 9.17) is 9.47 Å². The minimum absolute atomic E-state index is 0.140. The van der Waals surface area contributed by atoms with Crippen molar-refractivity contribution in [3.8, 4) is 17.7 Å². The summed E-state index contributed by atoms with van der Waals surface area (Å²) in [6.07, 6.45) is 1.88. The number of guanidine groups is 1. The molecule has 1 aromatic heterocycles. The van der Waals surface area contributed by atoms with Gasteiger partial charge in [-0.2, -0.15) is 5.26 Å². The smallest absolute Gasteiger partial charge is 0.413 e. The number of nitriles is 1. The lowest BCUT2D eigenvalue weighted by molar-refractivity contribution is 0.102. The molecule has 0 saturated heterocycles. The number of rotatable bonds is 5. The fourth-order valence-corrected chi connectivity index (χ4v) is 4.77. The maximum absolute atomic E-state index is 13.2. The quantitative estimate of drug-likeness (QED) is 0.185. The highest BCUT2D eigenvalue weighted by molar-refractivity contribution is 7.13. The standard InChI is InChI=1S/C27H29N7O4S/c1-27(2,3)33-26(36)38-21-14-18(37-4)10-11-19(21)31-23(35)24-32-20-12-13-34(15-22(20)39-24)25(29-16-28)30-17-8-6-5-7-9-17/h5-11,14H,12-13,15H2,1-4H3,(H,29,30)(H,31,35)(H,33,36). The zero-order valence-electron chi connectivity index (χ0n) is 22.1. The van der Waals surface area contributed by atoms with Crippen LogP contribution in [0.15, 0.2) is 53.5 Å². The molecular weight excluding hydrogens is 518 g/mol. The number of carbonyl (C=O) groups excluding carboxylic acids is 2. The van der Waals surface area contributed by atoms with Crippen molar-refractivity contribution < 1.29 is 19.1 Å². The molecule has 3 aromatic rings. The number of nitrogens with one attached hydrogen (secondary N) is 3. The monoisotopic (exact) mass is 547 g/mol. The molecule has 3 N–H and O–H groups in total. The fourth-order valence-electron chi connectivity index (χ4n) is 3.75. The van der Waals surface area contributed by atoms with Crippen LogP contribution in [0.5, 0.6) is 11.5 Å². The van der Waals surface area contributed by atoms with Gasteiger partial charge in [0, 0.05) is 29.4 Å². The molecule has 0 bridgehead atoms. The summed E-state index contributed by atoms with van der Waals surface area (Å²) in [5.41, 5.74) is 1.35. The highest BCUT2D eigenvalue weighted by Gasteiger charge is 2.26. The van der Waals surface area contributed by atoms with Gasteiger partial charge in [-0.05, 0) is 45.0 Å². The van der Waals surface area contributed by atoms with E-state index >= 15 is 0 Å². The zero-order valence-corrected chi connectivity index (χ0v) is 22.9. The van der Waals surface area contributed by atoms with Crippen molar-refractivity contribution in [1.82, 2.24) is 20.5 Å². The number of hydrogen-bond acceptors (Lipinski definition) is 8. The van der Waals surface area contributed by atoms with E-state index in [9.17, 15) is 14.9 Å². The number of hydrogen-bond donors (Lipinski definition) is 3. The molecule has 4 rings (SSSR count). The third-order valence-electron chi connectivity index (χ3n) is 5.50. The van der Waals surface area contributed by atoms with Crippen LogP contribution in [0.2, 0.25) is 0 Å². The molecule has 2 aromatic carbocycles. The first-order valence-corrected chi connectivity index (χ1v) is 13.0. The summed E-state index contributed by atoms with van der Waals surface area (Å²) in [4.78, 5) is 37.5. The minimum atomic E-state index is -0.657. The first kappa shape index (κ1) is 27.4. The summed E-state index contributed by atoms with van der Waals surface area (Å²) < 4.78 is 10.7. The van der Waals surface area contributed by atoms with Crippen molar-refractivity contribution in [2.75, 3.05) is 19.0 Å². The number of amides is 2. The molecule has 1 aliphatic heterocycles. The summed E-state index contributed by atoms with van der Waals surface area (Å²) in [6, 6.07) is 14.1. The Morgan fingerprint density at radius 3 is 2.64 bits per heavy atom. The summed E-state index contributed by atoms with van der Waals surface area (Å²) >= 11 is 1.27. The van der Waals surface area contributed by atoms with Gasteiger partial charge in [-0.15, -0.1) is 11.3 Å². The Morgan fingerprint density at radius 2 is 1.95 bits per heavy atom. The molecule has 0 unspecified atom stereocenters. The van der Waals surface area contributed by atoms with Gasteiger partial charge >= 0.3 is 6.09 Å². The number of aromatic nitrogens is 1. The van der Waals surface area contributed by atoms with Gasteiger partial charge in [0.25, 0.3) is 5.91 Å². The van der Waals surface area contributed by atoms with Crippen LogP contribution in [-0.4, -0.2) is 47.0 Å². The molecular formula is C27H29N7O4S. The summed E-state index contributed by atoms with van der Waals surface area (Å²) in [7, 11) is 1.50. The molecule has 39 heavy (non-hydrogen) atoms. The van der Waals surface area contributed by atoms with Gasteiger partial charge in [-0.3, -0.25) is 10.1 Å². The van der Waals surface area contributed by atoms with Gasteiger partial charge in [0.15, 0.2) is 17.0 Å². The van der Waals surface area contributed by atoms with Crippen molar-refractivity contribution in [2.24, 2.45) is 4.99 Å². The van der Waals surface area contributed by atoms with Crippen molar-refractivity contribution in [1.29, 1.82) is 5.26 Å². The highest BCUT2D eigenvalue weighted by atomic mass is 32.1. The molecule has 12 heteroatoms. The number of aliphatic imine (C=N–C) groups is 1. The summed E-state index contributed by atoms with van der Waals surface area (Å²) in [5, 5.41) is 17.7. The molecule has 0 spiro atoms. The average Bonchev–Trinajstić information content (AvgIpc) is 3.33. The summed E-state index contributed by atoms with van der Waals surface area (Å²) in [6.45, 7) is 6.53. The van der Waals surface area contributed by atoms with Gasteiger partial charge < -0.3 is 25.0 Å². The second-order valence-corrected chi connectivity index (χ2v) is 10.7. The molecule has 0 atom stereocenters. The van der Waals surface area contributed by atoms with Crippen molar-refractivity contribution >= 4 is 40.7 Å². The Labute approximate surface area is 230 Å². The second kappa shape index (κ2) is 11.8. The lowest BCUT2D eigenvalue weighted by atomic mass is 10.1. The number of methoxy groups -OCH3 is 1. The topological polar surface area (TPSA) is 141 Å². The maximum Gasteiger partial charge on any atom is 0.413 e. The van der Waals surface area contributed by atoms with Crippen LogP contribution < -0.4 is 25.4 Å². The van der Waals surface area contributed by atoms with Crippen molar-refractivity contribution in [3.63, 3.8) is 0 Å². The number of nitrogens with zero attached hydrogens (tertiary/aromatic N) is 4. The average molecular weight is 548 g/mol. The SMILES string of the molecule is COc1ccc(NC(=O)c2nc3c(s2)CN(C(=Nc2ccccc2)NC#N)CC3)c(OC(=O)NC(C)(C)C)c1. The van der Waals surface area contributed by atoms with Crippen LogP contribution >= 0.6 is 11.3 Å².